The van der Waals surface area contributed by atoms with Crippen molar-refractivity contribution in [2.75, 3.05) is 6.54 Å². The molecule has 1 heterocycles. The van der Waals surface area contributed by atoms with Gasteiger partial charge in [0.1, 0.15) is 0 Å². The first-order chi connectivity index (χ1) is 8.72. The second-order valence-electron chi connectivity index (χ2n) is 5.74. The summed E-state index contributed by atoms with van der Waals surface area (Å²) in [6, 6.07) is 2.55. The van der Waals surface area contributed by atoms with Crippen molar-refractivity contribution in [2.45, 2.75) is 46.1 Å². The fraction of sp³-hybridized carbons (Fsp3) is 0.733. The summed E-state index contributed by atoms with van der Waals surface area (Å²) in [6.07, 6.45) is 7.71. The van der Waals surface area contributed by atoms with Crippen LogP contribution >= 0.6 is 0 Å². The second kappa shape index (κ2) is 6.28. The Hall–Kier alpha value is -0.960. The summed E-state index contributed by atoms with van der Waals surface area (Å²) in [5.41, 5.74) is 1.29. The van der Waals surface area contributed by atoms with Crippen molar-refractivity contribution in [3.63, 3.8) is 0 Å². The van der Waals surface area contributed by atoms with Gasteiger partial charge in [0, 0.05) is 12.2 Å². The Morgan fingerprint density at radius 3 is 2.72 bits per heavy atom. The summed E-state index contributed by atoms with van der Waals surface area (Å²) in [5.74, 6) is 2.44. The van der Waals surface area contributed by atoms with E-state index in [0.717, 1.165) is 24.3 Å². The number of rotatable bonds is 4. The van der Waals surface area contributed by atoms with Gasteiger partial charge in [-0.05, 0) is 48.8 Å². The van der Waals surface area contributed by atoms with Crippen molar-refractivity contribution in [3.8, 4) is 0 Å². The molecule has 3 nitrogen and oxygen atoms in total. The van der Waals surface area contributed by atoms with Crippen LogP contribution in [0.1, 0.15) is 51.6 Å². The SMILES string of the molecule is CCNC(c1ccnnc1)C1CCC(C)C(C)C1. The van der Waals surface area contributed by atoms with Crippen molar-refractivity contribution in [2.24, 2.45) is 17.8 Å². The minimum atomic E-state index is 0.445. The Morgan fingerprint density at radius 2 is 2.11 bits per heavy atom. The fourth-order valence-corrected chi connectivity index (χ4v) is 3.15. The quantitative estimate of drug-likeness (QED) is 0.888. The maximum absolute atomic E-state index is 4.03. The fourth-order valence-electron chi connectivity index (χ4n) is 3.15. The molecule has 2 rings (SSSR count). The molecule has 1 aliphatic carbocycles. The molecular formula is C15H25N3. The summed E-state index contributed by atoms with van der Waals surface area (Å²) in [6.45, 7) is 7.96. The van der Waals surface area contributed by atoms with E-state index in [1.807, 2.05) is 6.20 Å². The smallest absolute Gasteiger partial charge is 0.0544 e. The van der Waals surface area contributed by atoms with Crippen molar-refractivity contribution < 1.29 is 0 Å². The van der Waals surface area contributed by atoms with E-state index < -0.39 is 0 Å². The molecule has 0 spiro atoms. The Morgan fingerprint density at radius 1 is 1.28 bits per heavy atom. The Balaban J connectivity index is 2.11. The van der Waals surface area contributed by atoms with E-state index in [4.69, 9.17) is 0 Å². The number of hydrogen-bond acceptors (Lipinski definition) is 3. The minimum Gasteiger partial charge on any atom is -0.310 e. The lowest BCUT2D eigenvalue weighted by Crippen LogP contribution is -2.33. The number of nitrogens with one attached hydrogen (secondary N) is 1. The molecule has 0 radical (unpaired) electrons. The Bertz CT molecular complexity index is 352. The third-order valence-electron chi connectivity index (χ3n) is 4.50. The zero-order chi connectivity index (χ0) is 13.0. The van der Waals surface area contributed by atoms with Crippen LogP contribution in [0.5, 0.6) is 0 Å². The first kappa shape index (κ1) is 13.5. The van der Waals surface area contributed by atoms with Gasteiger partial charge < -0.3 is 5.32 Å². The maximum atomic E-state index is 4.03. The molecule has 1 aliphatic rings. The molecule has 1 saturated carbocycles. The van der Waals surface area contributed by atoms with Crippen molar-refractivity contribution in [1.29, 1.82) is 0 Å². The summed E-state index contributed by atoms with van der Waals surface area (Å²) >= 11 is 0. The first-order valence-electron chi connectivity index (χ1n) is 7.22. The van der Waals surface area contributed by atoms with Crippen LogP contribution in [-0.4, -0.2) is 16.7 Å². The first-order valence-corrected chi connectivity index (χ1v) is 7.22. The van der Waals surface area contributed by atoms with Gasteiger partial charge in [-0.2, -0.15) is 10.2 Å². The van der Waals surface area contributed by atoms with E-state index in [1.165, 1.54) is 24.8 Å². The molecule has 0 saturated heterocycles. The van der Waals surface area contributed by atoms with Gasteiger partial charge >= 0.3 is 0 Å². The topological polar surface area (TPSA) is 37.8 Å². The largest absolute Gasteiger partial charge is 0.310 e. The summed E-state index contributed by atoms with van der Waals surface area (Å²) in [4.78, 5) is 0. The van der Waals surface area contributed by atoms with Gasteiger partial charge in [-0.1, -0.05) is 27.2 Å². The highest BCUT2D eigenvalue weighted by Crippen LogP contribution is 2.39. The Kier molecular flexibility index (Phi) is 4.70. The van der Waals surface area contributed by atoms with Gasteiger partial charge in [-0.25, -0.2) is 0 Å². The van der Waals surface area contributed by atoms with Crippen LogP contribution < -0.4 is 5.32 Å². The summed E-state index contributed by atoms with van der Waals surface area (Å²) in [7, 11) is 0. The number of hydrogen-bond donors (Lipinski definition) is 1. The van der Waals surface area contributed by atoms with Crippen molar-refractivity contribution in [3.05, 3.63) is 24.0 Å². The van der Waals surface area contributed by atoms with E-state index in [9.17, 15) is 0 Å². The summed E-state index contributed by atoms with van der Waals surface area (Å²) in [5, 5.41) is 11.5. The standard InChI is InChI=1S/C15H25N3/c1-4-16-15(14-7-8-17-18-10-14)13-6-5-11(2)12(3)9-13/h7-8,10-13,15-16H,4-6,9H2,1-3H3. The molecule has 18 heavy (non-hydrogen) atoms. The lowest BCUT2D eigenvalue weighted by molar-refractivity contribution is 0.172. The average molecular weight is 247 g/mol. The van der Waals surface area contributed by atoms with Gasteiger partial charge in [0.2, 0.25) is 0 Å². The van der Waals surface area contributed by atoms with Gasteiger partial charge in [-0.15, -0.1) is 0 Å². The predicted molar refractivity (Wildman–Crippen MR) is 74.1 cm³/mol. The molecule has 4 unspecified atom stereocenters. The molecule has 3 heteroatoms. The van der Waals surface area contributed by atoms with Gasteiger partial charge in [0.15, 0.2) is 0 Å². The zero-order valence-corrected chi connectivity index (χ0v) is 11.8. The molecule has 0 aliphatic heterocycles. The van der Waals surface area contributed by atoms with E-state index in [-0.39, 0.29) is 0 Å². The Labute approximate surface area is 110 Å². The highest BCUT2D eigenvalue weighted by Gasteiger charge is 2.30. The predicted octanol–water partition coefficient (Wildman–Crippen LogP) is 3.20. The van der Waals surface area contributed by atoms with Crippen molar-refractivity contribution >= 4 is 0 Å². The van der Waals surface area contributed by atoms with Crippen LogP contribution in [0.4, 0.5) is 0 Å². The lowest BCUT2D eigenvalue weighted by atomic mass is 9.72. The van der Waals surface area contributed by atoms with Crippen LogP contribution in [0.3, 0.4) is 0 Å². The second-order valence-corrected chi connectivity index (χ2v) is 5.74. The molecule has 1 N–H and O–H groups in total. The van der Waals surface area contributed by atoms with Crippen LogP contribution in [0.2, 0.25) is 0 Å². The van der Waals surface area contributed by atoms with Crippen LogP contribution in [0.25, 0.3) is 0 Å². The molecule has 100 valence electrons. The molecular weight excluding hydrogens is 222 g/mol. The van der Waals surface area contributed by atoms with Crippen LogP contribution in [-0.2, 0) is 0 Å². The van der Waals surface area contributed by atoms with E-state index in [1.54, 1.807) is 6.20 Å². The normalized spacial score (nSPS) is 30.1. The van der Waals surface area contributed by atoms with Crippen molar-refractivity contribution in [1.82, 2.24) is 15.5 Å². The molecule has 0 bridgehead atoms. The zero-order valence-electron chi connectivity index (χ0n) is 11.8. The molecule has 1 aromatic rings. The molecule has 4 atom stereocenters. The highest BCUT2D eigenvalue weighted by molar-refractivity contribution is 5.13. The van der Waals surface area contributed by atoms with E-state index in [2.05, 4.69) is 42.4 Å². The van der Waals surface area contributed by atoms with Crippen LogP contribution in [0, 0.1) is 17.8 Å². The third kappa shape index (κ3) is 3.08. The van der Waals surface area contributed by atoms with Gasteiger partial charge in [0.05, 0.1) is 6.20 Å². The van der Waals surface area contributed by atoms with Crippen LogP contribution in [0.15, 0.2) is 18.5 Å². The molecule has 0 amide bonds. The molecule has 1 aromatic heterocycles. The maximum Gasteiger partial charge on any atom is 0.0544 e. The van der Waals surface area contributed by atoms with Gasteiger partial charge in [-0.3, -0.25) is 0 Å². The number of aromatic nitrogens is 2. The average Bonchev–Trinajstić information content (AvgIpc) is 2.40. The highest BCUT2D eigenvalue weighted by atomic mass is 15.1. The lowest BCUT2D eigenvalue weighted by Gasteiger charge is -2.37. The third-order valence-corrected chi connectivity index (χ3v) is 4.50. The molecule has 1 fully saturated rings. The summed E-state index contributed by atoms with van der Waals surface area (Å²) < 4.78 is 0. The molecule has 0 aromatic carbocycles. The minimum absolute atomic E-state index is 0.445. The monoisotopic (exact) mass is 247 g/mol. The van der Waals surface area contributed by atoms with E-state index >= 15 is 0 Å². The van der Waals surface area contributed by atoms with Gasteiger partial charge in [0.25, 0.3) is 0 Å². The van der Waals surface area contributed by atoms with E-state index in [0.29, 0.717) is 6.04 Å². The number of nitrogens with zero attached hydrogens (tertiary/aromatic N) is 2.